The molecule has 0 aliphatic heterocycles. The molecule has 10 aromatic carbocycles. The number of thiophene rings is 2. The van der Waals surface area contributed by atoms with Crippen molar-refractivity contribution in [3.63, 3.8) is 0 Å². The quantitative estimate of drug-likeness (QED) is 0.154. The number of nitrogens with zero attached hydrogens (tertiary/aromatic N) is 2. The van der Waals surface area contributed by atoms with Gasteiger partial charge >= 0.3 is 0 Å². The predicted octanol–water partition coefficient (Wildman–Crippen LogP) is 18.3. The molecule has 0 N–H and O–H groups in total. The van der Waals surface area contributed by atoms with Crippen molar-refractivity contribution in [3.8, 4) is 11.1 Å². The molecular weight excluding hydrogens is 813 g/mol. The number of para-hydroxylation sites is 2. The van der Waals surface area contributed by atoms with Crippen LogP contribution in [0, 0.1) is 6.92 Å². The zero-order valence-corrected chi connectivity index (χ0v) is 37.4. The zero-order chi connectivity index (χ0) is 42.7. The van der Waals surface area contributed by atoms with E-state index >= 15 is 0 Å². The molecule has 0 radical (unpaired) electrons. The molecule has 0 bridgehead atoms. The molecule has 2 aromatic heterocycles. The lowest BCUT2D eigenvalue weighted by molar-refractivity contribution is 0.645. The molecule has 12 aromatic rings. The van der Waals surface area contributed by atoms with E-state index in [0.29, 0.717) is 0 Å². The zero-order valence-electron chi connectivity index (χ0n) is 35.8. The van der Waals surface area contributed by atoms with Crippen molar-refractivity contribution in [2.24, 2.45) is 0 Å². The second kappa shape index (κ2) is 14.1. The van der Waals surface area contributed by atoms with E-state index in [2.05, 4.69) is 231 Å². The van der Waals surface area contributed by atoms with Gasteiger partial charge in [-0.05, 0) is 129 Å². The largest absolute Gasteiger partial charge is 0.309 e. The summed E-state index contributed by atoms with van der Waals surface area (Å²) >= 11 is 3.76. The molecule has 0 amide bonds. The third-order valence-corrected chi connectivity index (χ3v) is 16.2. The van der Waals surface area contributed by atoms with E-state index in [-0.39, 0.29) is 5.41 Å². The van der Waals surface area contributed by atoms with Crippen LogP contribution in [0.3, 0.4) is 0 Å². The van der Waals surface area contributed by atoms with Crippen molar-refractivity contribution in [3.05, 3.63) is 217 Å². The summed E-state index contributed by atoms with van der Waals surface area (Å²) in [6, 6.07) is 74.3. The third-order valence-electron chi connectivity index (χ3n) is 13.8. The molecule has 2 nitrogen and oxygen atoms in total. The lowest BCUT2D eigenvalue weighted by atomic mass is 9.67. The highest BCUT2D eigenvalue weighted by Crippen LogP contribution is 2.55. The molecular formula is C60H42N2S2. The normalized spacial score (nSPS) is 13.0. The molecule has 0 spiro atoms. The first-order valence-corrected chi connectivity index (χ1v) is 23.7. The van der Waals surface area contributed by atoms with Crippen molar-refractivity contribution in [2.45, 2.75) is 26.2 Å². The minimum atomic E-state index is -0.269. The third kappa shape index (κ3) is 5.43. The van der Waals surface area contributed by atoms with Crippen LogP contribution in [-0.2, 0) is 5.41 Å². The molecule has 0 atom stereocenters. The van der Waals surface area contributed by atoms with Gasteiger partial charge in [0.15, 0.2) is 0 Å². The van der Waals surface area contributed by atoms with E-state index in [1.807, 2.05) is 22.7 Å². The highest BCUT2D eigenvalue weighted by molar-refractivity contribution is 7.26. The van der Waals surface area contributed by atoms with Crippen molar-refractivity contribution in [1.82, 2.24) is 0 Å². The van der Waals surface area contributed by atoms with Gasteiger partial charge in [-0.15, -0.1) is 22.7 Å². The van der Waals surface area contributed by atoms with Crippen LogP contribution in [0.15, 0.2) is 200 Å². The Bertz CT molecular complexity index is 3840. The lowest BCUT2D eigenvalue weighted by Crippen LogP contribution is -2.25. The Morgan fingerprint density at radius 3 is 1.48 bits per heavy atom. The monoisotopic (exact) mass is 854 g/mol. The number of benzene rings is 10. The number of aryl methyl sites for hydroxylation is 1. The molecule has 1 aliphatic rings. The summed E-state index contributed by atoms with van der Waals surface area (Å²) in [5.41, 5.74) is 13.4. The maximum Gasteiger partial charge on any atom is 0.0640 e. The van der Waals surface area contributed by atoms with Gasteiger partial charge in [-0.2, -0.15) is 0 Å². The molecule has 2 heterocycles. The van der Waals surface area contributed by atoms with Crippen molar-refractivity contribution in [2.75, 3.05) is 9.80 Å². The SMILES string of the molecule is Cc1c2c3c(cccc3c3cc(N(c4ccccc4)c4cccc5c4sc4ccccc45)ccc13)C(C)(C)c1cc(N(c3ccccc3)c3cccc4c3sc3ccccc34)ccc1-2. The fraction of sp³-hybridized carbons (Fsp3) is 0.0667. The Hall–Kier alpha value is -7.24. The van der Waals surface area contributed by atoms with Crippen LogP contribution in [0.5, 0.6) is 0 Å². The number of fused-ring (bicyclic) bond motifs is 10. The molecule has 0 unspecified atom stereocenters. The van der Waals surface area contributed by atoms with E-state index in [1.165, 1.54) is 101 Å². The first-order valence-electron chi connectivity index (χ1n) is 22.1. The smallest absolute Gasteiger partial charge is 0.0640 e. The fourth-order valence-corrected chi connectivity index (χ4v) is 13.2. The Morgan fingerprint density at radius 2 is 0.875 bits per heavy atom. The molecule has 64 heavy (non-hydrogen) atoms. The molecule has 304 valence electrons. The first kappa shape index (κ1) is 37.3. The Morgan fingerprint density at radius 1 is 0.375 bits per heavy atom. The van der Waals surface area contributed by atoms with Gasteiger partial charge in [0.2, 0.25) is 0 Å². The van der Waals surface area contributed by atoms with Crippen LogP contribution in [0.2, 0.25) is 0 Å². The fourth-order valence-electron chi connectivity index (χ4n) is 10.8. The minimum Gasteiger partial charge on any atom is -0.309 e. The summed E-state index contributed by atoms with van der Waals surface area (Å²) in [6.45, 7) is 7.19. The van der Waals surface area contributed by atoms with Gasteiger partial charge in [-0.3, -0.25) is 0 Å². The van der Waals surface area contributed by atoms with E-state index in [9.17, 15) is 0 Å². The number of hydrogen-bond acceptors (Lipinski definition) is 4. The summed E-state index contributed by atoms with van der Waals surface area (Å²) in [5, 5.41) is 10.4. The standard InChI is InChI=1S/C60H42N2S2/c1-37-42-33-31-40(61(38-17-6-4-7-18-38)52-27-15-24-46-43-21-10-12-29-54(43)63-58(46)52)35-49(42)45-23-14-26-50-57(45)56(37)48-34-32-41(36-51(48)60(50,2)3)62(39-19-8-5-9-20-39)53-28-16-25-47-44-22-11-13-30-55(44)64-59(47)53/h4-36H,1-3H3. The van der Waals surface area contributed by atoms with Gasteiger partial charge in [0.05, 0.1) is 20.8 Å². The van der Waals surface area contributed by atoms with E-state index in [0.717, 1.165) is 22.7 Å². The highest BCUT2D eigenvalue weighted by Gasteiger charge is 2.36. The molecule has 0 saturated heterocycles. The van der Waals surface area contributed by atoms with E-state index in [4.69, 9.17) is 0 Å². The summed E-state index contributed by atoms with van der Waals surface area (Å²) < 4.78 is 5.21. The van der Waals surface area contributed by atoms with Gasteiger partial charge in [-0.1, -0.05) is 141 Å². The second-order valence-electron chi connectivity index (χ2n) is 17.7. The Labute approximate surface area is 380 Å². The summed E-state index contributed by atoms with van der Waals surface area (Å²) in [6.07, 6.45) is 0. The van der Waals surface area contributed by atoms with Crippen molar-refractivity contribution < 1.29 is 0 Å². The van der Waals surface area contributed by atoms with Gasteiger partial charge in [0.1, 0.15) is 0 Å². The van der Waals surface area contributed by atoms with Gasteiger partial charge in [-0.25, -0.2) is 0 Å². The van der Waals surface area contributed by atoms with Crippen LogP contribution in [0.1, 0.15) is 30.5 Å². The molecule has 13 rings (SSSR count). The van der Waals surface area contributed by atoms with Crippen LogP contribution < -0.4 is 9.80 Å². The molecule has 0 fully saturated rings. The van der Waals surface area contributed by atoms with Crippen LogP contribution in [-0.4, -0.2) is 0 Å². The maximum absolute atomic E-state index is 2.48. The highest BCUT2D eigenvalue weighted by atomic mass is 32.1. The maximum atomic E-state index is 2.48. The van der Waals surface area contributed by atoms with Gasteiger partial charge < -0.3 is 9.80 Å². The molecule has 1 aliphatic carbocycles. The van der Waals surface area contributed by atoms with Crippen LogP contribution in [0.25, 0.3) is 73.0 Å². The van der Waals surface area contributed by atoms with Gasteiger partial charge in [0.25, 0.3) is 0 Å². The molecule has 0 saturated carbocycles. The van der Waals surface area contributed by atoms with Crippen LogP contribution >= 0.6 is 22.7 Å². The number of anilines is 6. The number of rotatable bonds is 6. The Balaban J connectivity index is 1.01. The predicted molar refractivity (Wildman–Crippen MR) is 279 cm³/mol. The van der Waals surface area contributed by atoms with Gasteiger partial charge in [0, 0.05) is 59.1 Å². The first-order chi connectivity index (χ1) is 31.4. The number of hydrogen-bond donors (Lipinski definition) is 0. The summed E-state index contributed by atoms with van der Waals surface area (Å²) in [5.74, 6) is 0. The topological polar surface area (TPSA) is 6.48 Å². The van der Waals surface area contributed by atoms with E-state index in [1.54, 1.807) is 0 Å². The Kier molecular flexibility index (Phi) is 8.24. The summed E-state index contributed by atoms with van der Waals surface area (Å²) in [4.78, 5) is 4.93. The minimum absolute atomic E-state index is 0.269. The average molecular weight is 855 g/mol. The average Bonchev–Trinajstić information content (AvgIpc) is 3.92. The summed E-state index contributed by atoms with van der Waals surface area (Å²) in [7, 11) is 0. The van der Waals surface area contributed by atoms with Crippen molar-refractivity contribution in [1.29, 1.82) is 0 Å². The van der Waals surface area contributed by atoms with Crippen LogP contribution in [0.4, 0.5) is 34.1 Å². The lowest BCUT2D eigenvalue weighted by Gasteiger charge is -2.38. The molecule has 4 heteroatoms. The second-order valence-corrected chi connectivity index (χ2v) is 19.8. The van der Waals surface area contributed by atoms with Crippen molar-refractivity contribution >= 4 is 119 Å². The van der Waals surface area contributed by atoms with E-state index < -0.39 is 0 Å².